The van der Waals surface area contributed by atoms with Gasteiger partial charge in [0.05, 0.1) is 18.1 Å². The molecule has 0 atom stereocenters. The van der Waals surface area contributed by atoms with E-state index in [1.165, 1.54) is 36.4 Å². The maximum absolute atomic E-state index is 13.1. The van der Waals surface area contributed by atoms with Gasteiger partial charge in [-0.2, -0.15) is 18.4 Å². The molecule has 0 spiro atoms. The molecule has 0 heterocycles. The van der Waals surface area contributed by atoms with E-state index in [0.717, 1.165) is 6.07 Å². The van der Waals surface area contributed by atoms with Crippen molar-refractivity contribution in [2.24, 2.45) is 0 Å². The summed E-state index contributed by atoms with van der Waals surface area (Å²) in [7, 11) is 0. The van der Waals surface area contributed by atoms with Crippen molar-refractivity contribution >= 4 is 0 Å². The molecule has 0 radical (unpaired) electrons. The number of nitrogens with zero attached hydrogens (tertiary/aromatic N) is 1. The first-order chi connectivity index (χ1) is 9.41. The van der Waals surface area contributed by atoms with Crippen molar-refractivity contribution in [2.75, 3.05) is 0 Å². The zero-order valence-corrected chi connectivity index (χ0v) is 10.2. The van der Waals surface area contributed by atoms with Crippen LogP contribution in [0.25, 0.3) is 11.1 Å². The summed E-state index contributed by atoms with van der Waals surface area (Å²) in [6.07, 6.45) is -4.87. The van der Waals surface area contributed by atoms with E-state index in [2.05, 4.69) is 0 Å². The summed E-state index contributed by atoms with van der Waals surface area (Å²) in [4.78, 5) is 0. The molecule has 1 nitrogen and oxygen atoms in total. The summed E-state index contributed by atoms with van der Waals surface area (Å²) < 4.78 is 52.0. The molecule has 102 valence electrons. The Morgan fingerprint density at radius 1 is 1.00 bits per heavy atom. The lowest BCUT2D eigenvalue weighted by atomic mass is 9.97. The lowest BCUT2D eigenvalue weighted by molar-refractivity contribution is -0.138. The lowest BCUT2D eigenvalue weighted by Gasteiger charge is -2.13. The van der Waals surface area contributed by atoms with Gasteiger partial charge in [-0.1, -0.05) is 24.3 Å². The third kappa shape index (κ3) is 2.97. The van der Waals surface area contributed by atoms with Crippen LogP contribution in [-0.2, 0) is 12.6 Å². The fraction of sp³-hybridized carbons (Fsp3) is 0.133. The summed E-state index contributed by atoms with van der Waals surface area (Å²) in [5.74, 6) is -0.517. The Labute approximate surface area is 113 Å². The molecule has 0 saturated carbocycles. The lowest BCUT2D eigenvalue weighted by Crippen LogP contribution is -2.09. The van der Waals surface area contributed by atoms with Crippen molar-refractivity contribution in [3.05, 3.63) is 59.4 Å². The number of hydrogen-bond donors (Lipinski definition) is 0. The first-order valence-corrected chi connectivity index (χ1v) is 5.75. The third-order valence-corrected chi connectivity index (χ3v) is 2.84. The minimum Gasteiger partial charge on any atom is -0.207 e. The fourth-order valence-electron chi connectivity index (χ4n) is 1.93. The summed E-state index contributed by atoms with van der Waals surface area (Å²) in [5.41, 5.74) is -0.321. The molecule has 0 amide bonds. The molecule has 0 saturated heterocycles. The van der Waals surface area contributed by atoms with Crippen LogP contribution in [0.5, 0.6) is 0 Å². The summed E-state index contributed by atoms with van der Waals surface area (Å²) >= 11 is 0. The molecule has 0 fully saturated rings. The van der Waals surface area contributed by atoms with Gasteiger partial charge in [-0.15, -0.1) is 0 Å². The van der Waals surface area contributed by atoms with Gasteiger partial charge in [-0.05, 0) is 34.9 Å². The van der Waals surface area contributed by atoms with Gasteiger partial charge in [0.1, 0.15) is 5.82 Å². The Morgan fingerprint density at radius 2 is 1.70 bits per heavy atom. The Kier molecular flexibility index (Phi) is 3.75. The number of rotatable bonds is 2. The fourth-order valence-corrected chi connectivity index (χ4v) is 1.93. The molecule has 0 unspecified atom stereocenters. The van der Waals surface area contributed by atoms with Crippen molar-refractivity contribution in [2.45, 2.75) is 12.6 Å². The molecule has 2 aromatic carbocycles. The first kappa shape index (κ1) is 14.1. The van der Waals surface area contributed by atoms with Crippen molar-refractivity contribution in [1.29, 1.82) is 5.26 Å². The minimum absolute atomic E-state index is 0.0832. The second kappa shape index (κ2) is 5.33. The summed E-state index contributed by atoms with van der Waals surface area (Å²) in [6.45, 7) is 0. The van der Waals surface area contributed by atoms with E-state index in [1.54, 1.807) is 6.07 Å². The van der Waals surface area contributed by atoms with E-state index >= 15 is 0 Å². The van der Waals surface area contributed by atoms with Crippen LogP contribution in [0.2, 0.25) is 0 Å². The van der Waals surface area contributed by atoms with Gasteiger partial charge in [0.25, 0.3) is 0 Å². The minimum atomic E-state index is -4.55. The smallest absolute Gasteiger partial charge is 0.207 e. The molecule has 2 aromatic rings. The van der Waals surface area contributed by atoms with Gasteiger partial charge in [-0.3, -0.25) is 0 Å². The van der Waals surface area contributed by atoms with E-state index in [-0.39, 0.29) is 17.5 Å². The van der Waals surface area contributed by atoms with Crippen molar-refractivity contribution < 1.29 is 17.6 Å². The summed E-state index contributed by atoms with van der Waals surface area (Å²) in [5, 5.41) is 8.57. The molecule has 0 aliphatic carbocycles. The maximum Gasteiger partial charge on any atom is 0.416 e. The highest BCUT2D eigenvalue weighted by Crippen LogP contribution is 2.35. The van der Waals surface area contributed by atoms with Gasteiger partial charge in [0.2, 0.25) is 0 Å². The molecule has 0 aliphatic rings. The van der Waals surface area contributed by atoms with E-state index in [9.17, 15) is 17.6 Å². The standard InChI is InChI=1S/C15H9F4N/c16-13-3-1-2-11(8-13)12-5-4-10(6-7-20)14(9-12)15(17,18)19/h1-5,8-9H,6H2. The quantitative estimate of drug-likeness (QED) is 0.738. The molecule has 2 rings (SSSR count). The van der Waals surface area contributed by atoms with E-state index in [0.29, 0.717) is 5.56 Å². The van der Waals surface area contributed by atoms with Crippen LogP contribution in [-0.4, -0.2) is 0 Å². The van der Waals surface area contributed by atoms with Gasteiger partial charge in [-0.25, -0.2) is 4.39 Å². The molecule has 0 aromatic heterocycles. The number of nitriles is 1. The van der Waals surface area contributed by atoms with E-state index in [1.807, 2.05) is 0 Å². The Bertz CT molecular complexity index is 668. The second-order valence-electron chi connectivity index (χ2n) is 4.21. The number of alkyl halides is 3. The number of benzene rings is 2. The monoisotopic (exact) mass is 279 g/mol. The van der Waals surface area contributed by atoms with Gasteiger partial charge in [0.15, 0.2) is 0 Å². The van der Waals surface area contributed by atoms with Gasteiger partial charge >= 0.3 is 6.18 Å². The molecular formula is C15H9F4N. The van der Waals surface area contributed by atoms with E-state index in [4.69, 9.17) is 5.26 Å². The third-order valence-electron chi connectivity index (χ3n) is 2.84. The predicted molar refractivity (Wildman–Crippen MR) is 66.2 cm³/mol. The van der Waals surface area contributed by atoms with Crippen molar-refractivity contribution in [3.8, 4) is 17.2 Å². The van der Waals surface area contributed by atoms with Crippen molar-refractivity contribution in [3.63, 3.8) is 0 Å². The predicted octanol–water partition coefficient (Wildman–Crippen LogP) is 4.58. The van der Waals surface area contributed by atoms with Crippen LogP contribution >= 0.6 is 0 Å². The molecule has 20 heavy (non-hydrogen) atoms. The molecular weight excluding hydrogens is 270 g/mol. The van der Waals surface area contributed by atoms with Crippen molar-refractivity contribution in [1.82, 2.24) is 0 Å². The van der Waals surface area contributed by atoms with Crippen LogP contribution in [0.15, 0.2) is 42.5 Å². The SMILES string of the molecule is N#CCc1ccc(-c2cccc(F)c2)cc1C(F)(F)F. The number of halogens is 4. The highest BCUT2D eigenvalue weighted by molar-refractivity contribution is 5.65. The Morgan fingerprint density at radius 3 is 2.30 bits per heavy atom. The number of hydrogen-bond acceptors (Lipinski definition) is 1. The zero-order chi connectivity index (χ0) is 14.8. The molecule has 0 N–H and O–H groups in total. The van der Waals surface area contributed by atoms with Crippen LogP contribution in [0.3, 0.4) is 0 Å². The normalized spacial score (nSPS) is 11.2. The highest BCUT2D eigenvalue weighted by Gasteiger charge is 2.33. The second-order valence-corrected chi connectivity index (χ2v) is 4.21. The zero-order valence-electron chi connectivity index (χ0n) is 10.2. The average molecular weight is 279 g/mol. The first-order valence-electron chi connectivity index (χ1n) is 5.75. The molecule has 5 heteroatoms. The molecule has 0 bridgehead atoms. The van der Waals surface area contributed by atoms with Crippen LogP contribution < -0.4 is 0 Å². The largest absolute Gasteiger partial charge is 0.416 e. The topological polar surface area (TPSA) is 23.8 Å². The molecule has 0 aliphatic heterocycles. The maximum atomic E-state index is 13.1. The van der Waals surface area contributed by atoms with Gasteiger partial charge in [0, 0.05) is 0 Å². The van der Waals surface area contributed by atoms with Crippen LogP contribution in [0.4, 0.5) is 17.6 Å². The van der Waals surface area contributed by atoms with Gasteiger partial charge < -0.3 is 0 Å². The Balaban J connectivity index is 2.56. The average Bonchev–Trinajstić information content (AvgIpc) is 2.38. The van der Waals surface area contributed by atoms with E-state index < -0.39 is 17.6 Å². The Hall–Kier alpha value is -2.35. The highest BCUT2D eigenvalue weighted by atomic mass is 19.4. The van der Waals surface area contributed by atoms with Crippen LogP contribution in [0, 0.1) is 17.1 Å². The van der Waals surface area contributed by atoms with Crippen LogP contribution in [0.1, 0.15) is 11.1 Å². The summed E-state index contributed by atoms with van der Waals surface area (Å²) in [6, 6.07) is 10.7.